The van der Waals surface area contributed by atoms with Crippen LogP contribution in [0.25, 0.3) is 11.1 Å². The van der Waals surface area contributed by atoms with Gasteiger partial charge in [0.05, 0.1) is 21.3 Å². The molecular weight excluding hydrogens is 398 g/mol. The van der Waals surface area contributed by atoms with E-state index in [4.69, 9.17) is 14.2 Å². The highest BCUT2D eigenvalue weighted by Gasteiger charge is 2.29. The molecule has 0 bridgehead atoms. The molecule has 0 N–H and O–H groups in total. The first-order valence-corrected chi connectivity index (χ1v) is 11.4. The maximum Gasteiger partial charge on any atom is 0.164 e. The Morgan fingerprint density at radius 2 is 1.53 bits per heavy atom. The van der Waals surface area contributed by atoms with E-state index >= 15 is 0 Å². The number of nitrogens with zero attached hydrogens (tertiary/aromatic N) is 1. The van der Waals surface area contributed by atoms with E-state index in [9.17, 15) is 0 Å². The molecule has 172 valence electrons. The number of rotatable bonds is 6. The van der Waals surface area contributed by atoms with Gasteiger partial charge in [0.15, 0.2) is 11.5 Å². The van der Waals surface area contributed by atoms with Crippen LogP contribution in [0.4, 0.5) is 0 Å². The molecule has 3 aromatic rings. The summed E-state index contributed by atoms with van der Waals surface area (Å²) >= 11 is 0. The van der Waals surface area contributed by atoms with E-state index in [0.717, 1.165) is 34.8 Å². The molecule has 0 atom stereocenters. The van der Waals surface area contributed by atoms with Crippen LogP contribution >= 0.6 is 0 Å². The lowest BCUT2D eigenvalue weighted by Crippen LogP contribution is -1.97. The van der Waals surface area contributed by atoms with Crippen molar-refractivity contribution in [3.05, 3.63) is 71.5 Å². The van der Waals surface area contributed by atoms with Crippen LogP contribution in [0.3, 0.4) is 0 Å². The SMILES string of the molecule is CC.CCc1cncc(-c2cc(OC)c(OC)c(C3CC3)c2)c1.COc1ccc(C)cc1. The van der Waals surface area contributed by atoms with Crippen LogP contribution < -0.4 is 14.2 Å². The zero-order valence-electron chi connectivity index (χ0n) is 20.6. The van der Waals surface area contributed by atoms with Crippen molar-refractivity contribution in [2.75, 3.05) is 21.3 Å². The molecule has 2 aromatic carbocycles. The molecule has 1 fully saturated rings. The smallest absolute Gasteiger partial charge is 0.164 e. The molecule has 4 rings (SSSR count). The second kappa shape index (κ2) is 12.7. The summed E-state index contributed by atoms with van der Waals surface area (Å²) in [5, 5.41) is 0. The van der Waals surface area contributed by atoms with Crippen LogP contribution in [0.1, 0.15) is 56.2 Å². The molecule has 0 aliphatic heterocycles. The lowest BCUT2D eigenvalue weighted by Gasteiger charge is -2.15. The first-order valence-electron chi connectivity index (χ1n) is 11.4. The van der Waals surface area contributed by atoms with Crippen LogP contribution in [-0.4, -0.2) is 26.3 Å². The third-order valence-electron chi connectivity index (χ3n) is 5.32. The number of aromatic nitrogens is 1. The van der Waals surface area contributed by atoms with Gasteiger partial charge in [-0.15, -0.1) is 0 Å². The fourth-order valence-corrected chi connectivity index (χ4v) is 3.37. The molecule has 1 aliphatic carbocycles. The number of hydrogen-bond donors (Lipinski definition) is 0. The van der Waals surface area contributed by atoms with Crippen LogP contribution in [0.5, 0.6) is 17.2 Å². The van der Waals surface area contributed by atoms with Gasteiger partial charge in [-0.05, 0) is 73.6 Å². The van der Waals surface area contributed by atoms with E-state index in [1.54, 1.807) is 21.3 Å². The molecular formula is C28H37NO3. The van der Waals surface area contributed by atoms with Gasteiger partial charge in [0.2, 0.25) is 0 Å². The minimum Gasteiger partial charge on any atom is -0.497 e. The predicted molar refractivity (Wildman–Crippen MR) is 133 cm³/mol. The van der Waals surface area contributed by atoms with Crippen molar-refractivity contribution in [1.82, 2.24) is 4.98 Å². The Kier molecular flexibility index (Phi) is 10.1. The fraction of sp³-hybridized carbons (Fsp3) is 0.393. The van der Waals surface area contributed by atoms with Gasteiger partial charge in [-0.3, -0.25) is 4.98 Å². The topological polar surface area (TPSA) is 40.6 Å². The normalized spacial score (nSPS) is 12.0. The third-order valence-corrected chi connectivity index (χ3v) is 5.32. The minimum atomic E-state index is 0.608. The standard InChI is InChI=1S/C18H21NO2.C8H10O.C2H6/c1-4-12-7-15(11-19-10-12)14-8-16(13-5-6-13)18(21-3)17(9-14)20-2;1-7-3-5-8(9-2)6-4-7;1-2/h7-11,13H,4-6H2,1-3H3;3-6H,1-2H3;1-2H3. The third kappa shape index (κ3) is 6.74. The summed E-state index contributed by atoms with van der Waals surface area (Å²) in [5.41, 5.74) is 6.05. The quantitative estimate of drug-likeness (QED) is 0.409. The zero-order valence-corrected chi connectivity index (χ0v) is 20.6. The lowest BCUT2D eigenvalue weighted by atomic mass is 9.99. The van der Waals surface area contributed by atoms with Crippen LogP contribution in [-0.2, 0) is 6.42 Å². The summed E-state index contributed by atoms with van der Waals surface area (Å²) in [4.78, 5) is 4.35. The Hall–Kier alpha value is -3.01. The first-order chi connectivity index (χ1) is 15.6. The highest BCUT2D eigenvalue weighted by molar-refractivity contribution is 5.70. The zero-order chi connectivity index (χ0) is 23.5. The lowest BCUT2D eigenvalue weighted by molar-refractivity contribution is 0.352. The molecule has 0 amide bonds. The molecule has 32 heavy (non-hydrogen) atoms. The van der Waals surface area contributed by atoms with Crippen molar-refractivity contribution in [3.63, 3.8) is 0 Å². The Balaban J connectivity index is 0.000000277. The van der Waals surface area contributed by atoms with Crippen molar-refractivity contribution in [2.45, 2.75) is 52.9 Å². The largest absolute Gasteiger partial charge is 0.497 e. The molecule has 0 saturated heterocycles. The Labute approximate surface area is 193 Å². The Bertz CT molecular complexity index is 963. The van der Waals surface area contributed by atoms with Gasteiger partial charge >= 0.3 is 0 Å². The van der Waals surface area contributed by atoms with Crippen molar-refractivity contribution >= 4 is 0 Å². The number of benzene rings is 2. The number of methoxy groups -OCH3 is 3. The molecule has 0 spiro atoms. The highest BCUT2D eigenvalue weighted by atomic mass is 16.5. The average Bonchev–Trinajstić information content (AvgIpc) is 3.71. The van der Waals surface area contributed by atoms with E-state index in [1.165, 1.54) is 29.5 Å². The average molecular weight is 436 g/mol. The second-order valence-electron chi connectivity index (χ2n) is 7.53. The summed E-state index contributed by atoms with van der Waals surface area (Å²) in [6.45, 7) is 8.20. The Morgan fingerprint density at radius 3 is 2.06 bits per heavy atom. The van der Waals surface area contributed by atoms with Crippen LogP contribution in [0.15, 0.2) is 54.9 Å². The predicted octanol–water partition coefficient (Wildman–Crippen LogP) is 7.24. The van der Waals surface area contributed by atoms with Gasteiger partial charge in [0.1, 0.15) is 5.75 Å². The van der Waals surface area contributed by atoms with Gasteiger partial charge in [0, 0.05) is 23.5 Å². The first kappa shape index (κ1) is 25.3. The number of hydrogen-bond acceptors (Lipinski definition) is 4. The molecule has 1 aliphatic rings. The van der Waals surface area contributed by atoms with Crippen LogP contribution in [0, 0.1) is 6.92 Å². The van der Waals surface area contributed by atoms with Gasteiger partial charge in [-0.2, -0.15) is 0 Å². The minimum absolute atomic E-state index is 0.608. The number of ether oxygens (including phenoxy) is 3. The summed E-state index contributed by atoms with van der Waals surface area (Å²) in [5.74, 6) is 3.21. The van der Waals surface area contributed by atoms with Gasteiger partial charge in [-0.25, -0.2) is 0 Å². The van der Waals surface area contributed by atoms with Crippen LogP contribution in [0.2, 0.25) is 0 Å². The molecule has 0 radical (unpaired) electrons. The number of pyridine rings is 1. The summed E-state index contributed by atoms with van der Waals surface area (Å²) in [6, 6.07) is 14.4. The van der Waals surface area contributed by atoms with Crippen molar-refractivity contribution in [1.29, 1.82) is 0 Å². The maximum atomic E-state index is 5.56. The van der Waals surface area contributed by atoms with E-state index in [-0.39, 0.29) is 0 Å². The second-order valence-corrected chi connectivity index (χ2v) is 7.53. The maximum absolute atomic E-state index is 5.56. The molecule has 1 aromatic heterocycles. The van der Waals surface area contributed by atoms with Gasteiger partial charge in [0.25, 0.3) is 0 Å². The van der Waals surface area contributed by atoms with Crippen molar-refractivity contribution < 1.29 is 14.2 Å². The molecule has 4 heteroatoms. The highest BCUT2D eigenvalue weighted by Crippen LogP contribution is 2.49. The van der Waals surface area contributed by atoms with Gasteiger partial charge < -0.3 is 14.2 Å². The molecule has 0 unspecified atom stereocenters. The van der Waals surface area contributed by atoms with Crippen molar-refractivity contribution in [2.24, 2.45) is 0 Å². The Morgan fingerprint density at radius 1 is 0.844 bits per heavy atom. The summed E-state index contributed by atoms with van der Waals surface area (Å²) in [6.07, 6.45) is 7.29. The van der Waals surface area contributed by atoms with E-state index in [0.29, 0.717) is 5.92 Å². The van der Waals surface area contributed by atoms with E-state index in [2.05, 4.69) is 31.0 Å². The molecule has 1 saturated carbocycles. The van der Waals surface area contributed by atoms with Crippen molar-refractivity contribution in [3.8, 4) is 28.4 Å². The monoisotopic (exact) mass is 435 g/mol. The summed E-state index contributed by atoms with van der Waals surface area (Å²) in [7, 11) is 5.08. The fourth-order valence-electron chi connectivity index (χ4n) is 3.37. The molecule has 1 heterocycles. The molecule has 4 nitrogen and oxygen atoms in total. The van der Waals surface area contributed by atoms with E-state index in [1.807, 2.05) is 56.6 Å². The van der Waals surface area contributed by atoms with E-state index < -0.39 is 0 Å². The summed E-state index contributed by atoms with van der Waals surface area (Å²) < 4.78 is 16.1. The van der Waals surface area contributed by atoms with Gasteiger partial charge in [-0.1, -0.05) is 38.5 Å². The number of aryl methyl sites for hydroxylation is 2.